The molecule has 1 aromatic rings. The Kier molecular flexibility index (Phi) is 4.74. The van der Waals surface area contributed by atoms with E-state index in [4.69, 9.17) is 0 Å². The van der Waals surface area contributed by atoms with Crippen LogP contribution in [0, 0.1) is 0 Å². The first-order chi connectivity index (χ1) is 7.79. The van der Waals surface area contributed by atoms with Crippen LogP contribution in [0.3, 0.4) is 0 Å². The highest BCUT2D eigenvalue weighted by Crippen LogP contribution is 2.28. The predicted molar refractivity (Wildman–Crippen MR) is 75.0 cm³/mol. The van der Waals surface area contributed by atoms with Gasteiger partial charge < -0.3 is 5.32 Å². The summed E-state index contributed by atoms with van der Waals surface area (Å²) in [6, 6.07) is 7.40. The summed E-state index contributed by atoms with van der Waals surface area (Å²) in [5.41, 5.74) is 1.44. The first-order valence-corrected chi connectivity index (χ1v) is 7.72. The molecule has 0 aromatic heterocycles. The lowest BCUT2D eigenvalue weighted by Crippen LogP contribution is -2.15. The van der Waals surface area contributed by atoms with E-state index in [0.717, 1.165) is 12.6 Å². The Morgan fingerprint density at radius 1 is 1.44 bits per heavy atom. The smallest absolute Gasteiger partial charge is 0.0219 e. The molecule has 3 heteroatoms. The van der Waals surface area contributed by atoms with Crippen molar-refractivity contribution >= 4 is 27.7 Å². The van der Waals surface area contributed by atoms with Gasteiger partial charge in [0, 0.05) is 22.0 Å². The maximum absolute atomic E-state index is 3.58. The van der Waals surface area contributed by atoms with Crippen LogP contribution in [0.4, 0.5) is 0 Å². The van der Waals surface area contributed by atoms with Gasteiger partial charge in [-0.25, -0.2) is 0 Å². The number of thioether (sulfide) groups is 1. The summed E-state index contributed by atoms with van der Waals surface area (Å²) in [6.07, 6.45) is 3.94. The van der Waals surface area contributed by atoms with Crippen molar-refractivity contribution in [2.75, 3.05) is 5.75 Å². The van der Waals surface area contributed by atoms with E-state index in [0.29, 0.717) is 0 Å². The highest BCUT2D eigenvalue weighted by atomic mass is 79.9. The van der Waals surface area contributed by atoms with Crippen molar-refractivity contribution in [1.29, 1.82) is 0 Å². The van der Waals surface area contributed by atoms with Gasteiger partial charge in [-0.15, -0.1) is 11.8 Å². The standard InChI is InChI=1S/C13H18BrNS/c1-2-7-16-13-8-11(14)4-3-10(13)9-15-12-5-6-12/h3-4,8,12,15H,2,5-7,9H2,1H3. The third-order valence-electron chi connectivity index (χ3n) is 2.65. The molecule has 1 aromatic carbocycles. The molecule has 0 saturated heterocycles. The number of halogens is 1. The Morgan fingerprint density at radius 2 is 2.25 bits per heavy atom. The van der Waals surface area contributed by atoms with Gasteiger partial charge in [-0.2, -0.15) is 0 Å². The fraction of sp³-hybridized carbons (Fsp3) is 0.538. The van der Waals surface area contributed by atoms with Crippen LogP contribution in [0.25, 0.3) is 0 Å². The second-order valence-corrected chi connectivity index (χ2v) is 6.31. The number of hydrogen-bond acceptors (Lipinski definition) is 2. The highest BCUT2D eigenvalue weighted by Gasteiger charge is 2.20. The van der Waals surface area contributed by atoms with Crippen molar-refractivity contribution in [1.82, 2.24) is 5.32 Å². The molecule has 1 N–H and O–H groups in total. The number of benzene rings is 1. The lowest BCUT2D eigenvalue weighted by molar-refractivity contribution is 0.680. The summed E-state index contributed by atoms with van der Waals surface area (Å²) in [5, 5.41) is 3.58. The van der Waals surface area contributed by atoms with Gasteiger partial charge >= 0.3 is 0 Å². The van der Waals surface area contributed by atoms with Gasteiger partial charge in [0.15, 0.2) is 0 Å². The molecule has 0 radical (unpaired) electrons. The van der Waals surface area contributed by atoms with Gasteiger partial charge in [-0.3, -0.25) is 0 Å². The van der Waals surface area contributed by atoms with Gasteiger partial charge in [0.1, 0.15) is 0 Å². The molecule has 0 atom stereocenters. The molecule has 0 unspecified atom stereocenters. The van der Waals surface area contributed by atoms with E-state index >= 15 is 0 Å². The third-order valence-corrected chi connectivity index (χ3v) is 4.45. The average molecular weight is 300 g/mol. The van der Waals surface area contributed by atoms with E-state index < -0.39 is 0 Å². The fourth-order valence-corrected chi connectivity index (χ4v) is 3.04. The van der Waals surface area contributed by atoms with Crippen LogP contribution in [-0.2, 0) is 6.54 Å². The van der Waals surface area contributed by atoms with Crippen LogP contribution < -0.4 is 5.32 Å². The molecule has 1 saturated carbocycles. The minimum atomic E-state index is 0.785. The van der Waals surface area contributed by atoms with Crippen LogP contribution in [0.2, 0.25) is 0 Å². The van der Waals surface area contributed by atoms with Crippen LogP contribution in [0.5, 0.6) is 0 Å². The van der Waals surface area contributed by atoms with E-state index in [1.54, 1.807) is 0 Å². The Bertz CT molecular complexity index is 350. The first kappa shape index (κ1) is 12.5. The number of hydrogen-bond donors (Lipinski definition) is 1. The molecule has 1 aliphatic carbocycles. The van der Waals surface area contributed by atoms with Gasteiger partial charge in [0.25, 0.3) is 0 Å². The molecule has 2 rings (SSSR count). The molecule has 0 heterocycles. The second kappa shape index (κ2) is 6.08. The van der Waals surface area contributed by atoms with Crippen molar-refractivity contribution in [2.24, 2.45) is 0 Å². The highest BCUT2D eigenvalue weighted by molar-refractivity contribution is 9.10. The van der Waals surface area contributed by atoms with E-state index in [-0.39, 0.29) is 0 Å². The minimum absolute atomic E-state index is 0.785. The molecule has 1 fully saturated rings. The lowest BCUT2D eigenvalue weighted by atomic mass is 10.2. The number of rotatable bonds is 6. The Balaban J connectivity index is 2.00. The molecular formula is C13H18BrNS. The minimum Gasteiger partial charge on any atom is -0.310 e. The average Bonchev–Trinajstić information content (AvgIpc) is 3.09. The molecule has 1 aliphatic rings. The van der Waals surface area contributed by atoms with Gasteiger partial charge in [0.05, 0.1) is 0 Å². The molecule has 0 amide bonds. The van der Waals surface area contributed by atoms with Crippen molar-refractivity contribution in [3.8, 4) is 0 Å². The van der Waals surface area contributed by atoms with Gasteiger partial charge in [-0.1, -0.05) is 28.9 Å². The van der Waals surface area contributed by atoms with E-state index in [9.17, 15) is 0 Å². The summed E-state index contributed by atoms with van der Waals surface area (Å²) in [5.74, 6) is 1.20. The fourth-order valence-electron chi connectivity index (χ4n) is 1.56. The maximum atomic E-state index is 3.58. The molecule has 0 bridgehead atoms. The molecule has 1 nitrogen and oxygen atoms in total. The van der Waals surface area contributed by atoms with Crippen molar-refractivity contribution in [2.45, 2.75) is 43.7 Å². The van der Waals surface area contributed by atoms with Crippen LogP contribution in [0.1, 0.15) is 31.7 Å². The van der Waals surface area contributed by atoms with Crippen molar-refractivity contribution in [3.63, 3.8) is 0 Å². The van der Waals surface area contributed by atoms with E-state index in [1.165, 1.54) is 39.9 Å². The lowest BCUT2D eigenvalue weighted by Gasteiger charge is -2.10. The van der Waals surface area contributed by atoms with Crippen molar-refractivity contribution < 1.29 is 0 Å². The van der Waals surface area contributed by atoms with Crippen molar-refractivity contribution in [3.05, 3.63) is 28.2 Å². The largest absolute Gasteiger partial charge is 0.310 e. The Morgan fingerprint density at radius 3 is 2.94 bits per heavy atom. The zero-order chi connectivity index (χ0) is 11.4. The molecule has 0 aliphatic heterocycles. The summed E-state index contributed by atoms with van der Waals surface area (Å²) in [6.45, 7) is 3.25. The second-order valence-electron chi connectivity index (χ2n) is 4.26. The van der Waals surface area contributed by atoms with Crippen LogP contribution >= 0.6 is 27.7 Å². The summed E-state index contributed by atoms with van der Waals surface area (Å²) in [4.78, 5) is 1.42. The summed E-state index contributed by atoms with van der Waals surface area (Å²) in [7, 11) is 0. The SMILES string of the molecule is CCCSc1cc(Br)ccc1CNC1CC1. The van der Waals surface area contributed by atoms with Crippen LogP contribution in [-0.4, -0.2) is 11.8 Å². The van der Waals surface area contributed by atoms with E-state index in [1.807, 2.05) is 11.8 Å². The van der Waals surface area contributed by atoms with Crippen LogP contribution in [0.15, 0.2) is 27.6 Å². The Labute approximate surface area is 111 Å². The van der Waals surface area contributed by atoms with Gasteiger partial charge in [0.2, 0.25) is 0 Å². The number of nitrogens with one attached hydrogen (secondary N) is 1. The molecule has 0 spiro atoms. The first-order valence-electron chi connectivity index (χ1n) is 5.94. The van der Waals surface area contributed by atoms with Gasteiger partial charge in [-0.05, 0) is 42.7 Å². The molecular weight excluding hydrogens is 282 g/mol. The zero-order valence-corrected chi connectivity index (χ0v) is 12.0. The topological polar surface area (TPSA) is 12.0 Å². The quantitative estimate of drug-likeness (QED) is 0.790. The summed E-state index contributed by atoms with van der Waals surface area (Å²) < 4.78 is 1.18. The maximum Gasteiger partial charge on any atom is 0.0219 e. The normalized spacial score (nSPS) is 15.4. The zero-order valence-electron chi connectivity index (χ0n) is 9.63. The predicted octanol–water partition coefficient (Wildman–Crippen LogP) is 4.20. The molecule has 88 valence electrons. The third kappa shape index (κ3) is 3.79. The monoisotopic (exact) mass is 299 g/mol. The molecule has 16 heavy (non-hydrogen) atoms. The Hall–Kier alpha value is 0.01000. The van der Waals surface area contributed by atoms with E-state index in [2.05, 4.69) is 46.4 Å². The summed E-state index contributed by atoms with van der Waals surface area (Å²) >= 11 is 5.51.